The molecule has 1 saturated heterocycles. The Morgan fingerprint density at radius 3 is 2.62 bits per heavy atom. The Balaban J connectivity index is 2.27. The molecule has 0 saturated carbocycles. The monoisotopic (exact) mass is 223 g/mol. The zero-order valence-corrected chi connectivity index (χ0v) is 9.24. The third kappa shape index (κ3) is 2.02. The van der Waals surface area contributed by atoms with E-state index in [2.05, 4.69) is 4.98 Å². The molecule has 0 spiro atoms. The van der Waals surface area contributed by atoms with Gasteiger partial charge in [0.05, 0.1) is 12.2 Å². The molecule has 1 fully saturated rings. The van der Waals surface area contributed by atoms with Gasteiger partial charge >= 0.3 is 0 Å². The normalized spacial score (nSPS) is 27.1. The maximum Gasteiger partial charge on any atom is 0.133 e. The van der Waals surface area contributed by atoms with E-state index in [1.54, 1.807) is 6.20 Å². The van der Waals surface area contributed by atoms with Gasteiger partial charge in [-0.2, -0.15) is 0 Å². The highest BCUT2D eigenvalue weighted by Crippen LogP contribution is 2.25. The summed E-state index contributed by atoms with van der Waals surface area (Å²) in [7, 11) is 0. The number of anilines is 1. The van der Waals surface area contributed by atoms with Crippen molar-refractivity contribution < 1.29 is 10.2 Å². The van der Waals surface area contributed by atoms with E-state index in [4.69, 9.17) is 5.73 Å². The molecule has 16 heavy (non-hydrogen) atoms. The van der Waals surface area contributed by atoms with Gasteiger partial charge in [0, 0.05) is 30.9 Å². The highest BCUT2D eigenvalue weighted by atomic mass is 16.3. The van der Waals surface area contributed by atoms with Gasteiger partial charge in [-0.25, -0.2) is 4.98 Å². The second-order valence-corrected chi connectivity index (χ2v) is 4.24. The van der Waals surface area contributed by atoms with Gasteiger partial charge in [0.1, 0.15) is 5.82 Å². The first-order chi connectivity index (χ1) is 7.59. The molecule has 3 atom stereocenters. The lowest BCUT2D eigenvalue weighted by atomic mass is 10.1. The summed E-state index contributed by atoms with van der Waals surface area (Å²) >= 11 is 0. The number of aliphatic hydroxyl groups is 2. The van der Waals surface area contributed by atoms with Gasteiger partial charge in [0.15, 0.2) is 0 Å². The van der Waals surface area contributed by atoms with Gasteiger partial charge < -0.3 is 20.8 Å². The predicted octanol–water partition coefficient (Wildman–Crippen LogP) is -0.357. The summed E-state index contributed by atoms with van der Waals surface area (Å²) in [5, 5.41) is 19.0. The largest absolute Gasteiger partial charge is 0.389 e. The molecular weight excluding hydrogens is 206 g/mol. The van der Waals surface area contributed by atoms with Gasteiger partial charge in [-0.3, -0.25) is 0 Å². The Labute approximate surface area is 94.5 Å². The fourth-order valence-electron chi connectivity index (χ4n) is 1.97. The molecule has 4 N–H and O–H groups in total. The summed E-state index contributed by atoms with van der Waals surface area (Å²) in [6.45, 7) is 2.69. The van der Waals surface area contributed by atoms with Crippen LogP contribution in [-0.2, 0) is 0 Å². The lowest BCUT2D eigenvalue weighted by Crippen LogP contribution is -2.25. The number of rotatable bonds is 2. The summed E-state index contributed by atoms with van der Waals surface area (Å²) in [5.74, 6) is 0.758. The van der Waals surface area contributed by atoms with E-state index in [-0.39, 0.29) is 6.04 Å². The molecule has 0 aromatic carbocycles. The molecule has 5 heteroatoms. The van der Waals surface area contributed by atoms with E-state index in [9.17, 15) is 10.2 Å². The van der Waals surface area contributed by atoms with Crippen molar-refractivity contribution in [1.29, 1.82) is 0 Å². The summed E-state index contributed by atoms with van der Waals surface area (Å²) in [6.07, 6.45) is 0.282. The molecule has 2 unspecified atom stereocenters. The summed E-state index contributed by atoms with van der Waals surface area (Å²) in [5.41, 5.74) is 6.79. The van der Waals surface area contributed by atoms with Crippen LogP contribution in [0.4, 0.5) is 5.82 Å². The smallest absolute Gasteiger partial charge is 0.133 e. The lowest BCUT2D eigenvalue weighted by molar-refractivity contribution is 0.0572. The Morgan fingerprint density at radius 2 is 2.06 bits per heavy atom. The van der Waals surface area contributed by atoms with Gasteiger partial charge in [0.2, 0.25) is 0 Å². The van der Waals surface area contributed by atoms with Crippen LogP contribution < -0.4 is 10.6 Å². The summed E-state index contributed by atoms with van der Waals surface area (Å²) in [6, 6.07) is 3.65. The molecule has 0 aliphatic carbocycles. The highest BCUT2D eigenvalue weighted by Gasteiger charge is 2.31. The van der Waals surface area contributed by atoms with Crippen molar-refractivity contribution in [2.24, 2.45) is 5.73 Å². The average molecular weight is 223 g/mol. The Kier molecular flexibility index (Phi) is 3.09. The van der Waals surface area contributed by atoms with Crippen LogP contribution in [0.5, 0.6) is 0 Å². The molecule has 0 bridgehead atoms. The van der Waals surface area contributed by atoms with Crippen LogP contribution in [0.1, 0.15) is 18.5 Å². The molecule has 0 amide bonds. The van der Waals surface area contributed by atoms with Gasteiger partial charge in [-0.05, 0) is 13.0 Å². The minimum absolute atomic E-state index is 0.112. The van der Waals surface area contributed by atoms with E-state index in [0.29, 0.717) is 13.1 Å². The van der Waals surface area contributed by atoms with E-state index in [1.807, 2.05) is 24.0 Å². The zero-order valence-electron chi connectivity index (χ0n) is 9.24. The van der Waals surface area contributed by atoms with Crippen molar-refractivity contribution >= 4 is 5.82 Å². The van der Waals surface area contributed by atoms with Crippen LogP contribution in [0.3, 0.4) is 0 Å². The number of β-amino-alcohol motifs (C(OH)–C–C–N with tert-alkyl or cyclic N) is 2. The first-order valence-electron chi connectivity index (χ1n) is 5.41. The van der Waals surface area contributed by atoms with Crippen LogP contribution in [-0.4, -0.2) is 40.5 Å². The molecule has 1 aromatic rings. The fourth-order valence-corrected chi connectivity index (χ4v) is 1.97. The van der Waals surface area contributed by atoms with Crippen molar-refractivity contribution in [2.75, 3.05) is 18.0 Å². The van der Waals surface area contributed by atoms with Gasteiger partial charge in [-0.1, -0.05) is 6.07 Å². The second-order valence-electron chi connectivity index (χ2n) is 4.24. The number of hydrogen-bond acceptors (Lipinski definition) is 5. The summed E-state index contributed by atoms with van der Waals surface area (Å²) < 4.78 is 0. The molecule has 0 radical (unpaired) electrons. The summed E-state index contributed by atoms with van der Waals surface area (Å²) in [4.78, 5) is 6.14. The first-order valence-corrected chi connectivity index (χ1v) is 5.41. The van der Waals surface area contributed by atoms with E-state index < -0.39 is 12.2 Å². The highest BCUT2D eigenvalue weighted by molar-refractivity contribution is 5.49. The topological polar surface area (TPSA) is 82.6 Å². The number of nitrogens with zero attached hydrogens (tertiary/aromatic N) is 2. The molecule has 1 aliphatic rings. The molecule has 2 heterocycles. The Hall–Kier alpha value is -1.17. The Bertz CT molecular complexity index is 360. The van der Waals surface area contributed by atoms with Gasteiger partial charge in [0.25, 0.3) is 0 Å². The minimum atomic E-state index is -0.706. The Morgan fingerprint density at radius 1 is 1.44 bits per heavy atom. The molecule has 2 rings (SSSR count). The van der Waals surface area contributed by atoms with Crippen LogP contribution in [0.25, 0.3) is 0 Å². The van der Waals surface area contributed by atoms with Gasteiger partial charge in [-0.15, -0.1) is 0 Å². The molecule has 1 aromatic heterocycles. The zero-order chi connectivity index (χ0) is 11.7. The number of aromatic nitrogens is 1. The number of pyridine rings is 1. The van der Waals surface area contributed by atoms with Crippen LogP contribution in [0.2, 0.25) is 0 Å². The lowest BCUT2D eigenvalue weighted by Gasteiger charge is -2.21. The average Bonchev–Trinajstić information content (AvgIpc) is 2.59. The standard InChI is InChI=1S/C11H17N3O2/c1-7(12)8-3-2-4-13-11(8)14-5-9(15)10(16)6-14/h2-4,7,9-10,15-16H,5-6,12H2,1H3/t7-,9?,10?/m1/s1. The molecule has 5 nitrogen and oxygen atoms in total. The van der Waals surface area contributed by atoms with Crippen LogP contribution >= 0.6 is 0 Å². The molecule has 88 valence electrons. The fraction of sp³-hybridized carbons (Fsp3) is 0.545. The first kappa shape index (κ1) is 11.3. The maximum absolute atomic E-state index is 9.51. The van der Waals surface area contributed by atoms with E-state index >= 15 is 0 Å². The van der Waals surface area contributed by atoms with E-state index in [1.165, 1.54) is 0 Å². The third-order valence-corrected chi connectivity index (χ3v) is 2.87. The molecular formula is C11H17N3O2. The van der Waals surface area contributed by atoms with Crippen molar-refractivity contribution in [2.45, 2.75) is 25.2 Å². The SMILES string of the molecule is C[C@@H](N)c1cccnc1N1CC(O)C(O)C1. The van der Waals surface area contributed by atoms with Crippen molar-refractivity contribution in [3.8, 4) is 0 Å². The van der Waals surface area contributed by atoms with Crippen molar-refractivity contribution in [3.05, 3.63) is 23.9 Å². The maximum atomic E-state index is 9.51. The third-order valence-electron chi connectivity index (χ3n) is 2.87. The van der Waals surface area contributed by atoms with Crippen LogP contribution in [0, 0.1) is 0 Å². The second kappa shape index (κ2) is 4.37. The number of nitrogens with two attached hydrogens (primary N) is 1. The molecule has 1 aliphatic heterocycles. The number of aliphatic hydroxyl groups excluding tert-OH is 2. The van der Waals surface area contributed by atoms with E-state index in [0.717, 1.165) is 11.4 Å². The van der Waals surface area contributed by atoms with Crippen molar-refractivity contribution in [3.63, 3.8) is 0 Å². The predicted molar refractivity (Wildman–Crippen MR) is 61.1 cm³/mol. The van der Waals surface area contributed by atoms with Crippen molar-refractivity contribution in [1.82, 2.24) is 4.98 Å². The quantitative estimate of drug-likeness (QED) is 0.638. The number of hydrogen-bond donors (Lipinski definition) is 3. The van der Waals surface area contributed by atoms with Crippen LogP contribution in [0.15, 0.2) is 18.3 Å². The minimum Gasteiger partial charge on any atom is -0.389 e.